The van der Waals surface area contributed by atoms with Gasteiger partial charge in [-0.2, -0.15) is 4.39 Å². The molecule has 1 fully saturated rings. The van der Waals surface area contributed by atoms with E-state index < -0.39 is 27.4 Å². The van der Waals surface area contributed by atoms with Crippen LogP contribution in [-0.2, 0) is 9.73 Å². The first-order valence-electron chi connectivity index (χ1n) is 9.78. The Bertz CT molecular complexity index is 1320. The largest absolute Gasteiger partial charge is 0.453 e. The van der Waals surface area contributed by atoms with Crippen LogP contribution in [0.1, 0.15) is 40.5 Å². The molecule has 1 aliphatic carbocycles. The molecule has 166 valence electrons. The van der Waals surface area contributed by atoms with Gasteiger partial charge in [0.1, 0.15) is 11.3 Å². The summed E-state index contributed by atoms with van der Waals surface area (Å²) in [6.07, 6.45) is 3.90. The Labute approximate surface area is 183 Å². The maximum atomic E-state index is 14.8. The summed E-state index contributed by atoms with van der Waals surface area (Å²) in [7, 11) is -3.00. The van der Waals surface area contributed by atoms with E-state index in [1.165, 1.54) is 31.4 Å². The molecule has 7 nitrogen and oxygen atoms in total. The summed E-state index contributed by atoms with van der Waals surface area (Å²) in [5.74, 6) is -2.20. The van der Waals surface area contributed by atoms with Crippen LogP contribution in [0.25, 0.3) is 0 Å². The summed E-state index contributed by atoms with van der Waals surface area (Å²) >= 11 is 0. The van der Waals surface area contributed by atoms with Crippen molar-refractivity contribution >= 4 is 21.3 Å². The van der Waals surface area contributed by atoms with Crippen LogP contribution in [0, 0.1) is 23.5 Å². The quantitative estimate of drug-likeness (QED) is 0.505. The van der Waals surface area contributed by atoms with Crippen molar-refractivity contribution in [1.82, 2.24) is 9.97 Å². The number of pyridine rings is 2. The number of nitrogens with zero attached hydrogens (tertiary/aromatic N) is 2. The van der Waals surface area contributed by atoms with Crippen molar-refractivity contribution in [1.29, 1.82) is 4.78 Å². The molecule has 0 bridgehead atoms. The standard InChI is InChI=1S/C22H20F2N4O3S/c1-12-17(8-9-18(24)27-12)31-21-19(16(23)11-26-20(21)13-6-7-13)22(29)28-14-4-3-5-15(10-14)32(2,25)30/h3-5,8-11,13,25H,6-7H2,1-2H3,(H,28,29)/t32-/m1/s1. The van der Waals surface area contributed by atoms with E-state index >= 15 is 0 Å². The molecule has 10 heteroatoms. The van der Waals surface area contributed by atoms with Gasteiger partial charge in [0.25, 0.3) is 5.91 Å². The van der Waals surface area contributed by atoms with E-state index in [0.29, 0.717) is 5.69 Å². The molecule has 0 radical (unpaired) electrons. The Kier molecular flexibility index (Phi) is 5.64. The lowest BCUT2D eigenvalue weighted by atomic mass is 10.1. The van der Waals surface area contributed by atoms with E-state index in [1.807, 2.05) is 0 Å². The van der Waals surface area contributed by atoms with Crippen LogP contribution in [0.5, 0.6) is 11.5 Å². The maximum absolute atomic E-state index is 14.8. The van der Waals surface area contributed by atoms with Gasteiger partial charge in [0.2, 0.25) is 5.95 Å². The number of nitrogens with one attached hydrogen (secondary N) is 2. The minimum Gasteiger partial charge on any atom is -0.453 e. The van der Waals surface area contributed by atoms with Crippen molar-refractivity contribution in [2.75, 3.05) is 11.6 Å². The fourth-order valence-corrected chi connectivity index (χ4v) is 3.88. The summed E-state index contributed by atoms with van der Waals surface area (Å²) in [6, 6.07) is 8.48. The van der Waals surface area contributed by atoms with Gasteiger partial charge >= 0.3 is 0 Å². The molecule has 2 N–H and O–H groups in total. The topological polar surface area (TPSA) is 105 Å². The third kappa shape index (κ3) is 4.59. The number of rotatable bonds is 6. The lowest BCUT2D eigenvalue weighted by molar-refractivity contribution is 0.102. The normalized spacial score (nSPS) is 15.1. The predicted molar refractivity (Wildman–Crippen MR) is 115 cm³/mol. The molecule has 1 amide bonds. The molecule has 3 aromatic rings. The first-order chi connectivity index (χ1) is 15.1. The molecule has 2 aromatic heterocycles. The van der Waals surface area contributed by atoms with Crippen LogP contribution in [0.15, 0.2) is 47.5 Å². The first-order valence-corrected chi connectivity index (χ1v) is 11.7. The van der Waals surface area contributed by atoms with Crippen LogP contribution in [0.2, 0.25) is 0 Å². The third-order valence-corrected chi connectivity index (χ3v) is 6.12. The number of aryl methyl sites for hydroxylation is 1. The van der Waals surface area contributed by atoms with Gasteiger partial charge < -0.3 is 10.1 Å². The lowest BCUT2D eigenvalue weighted by Gasteiger charge is -2.16. The highest BCUT2D eigenvalue weighted by Crippen LogP contribution is 2.46. The molecule has 2 heterocycles. The number of halogens is 2. The van der Waals surface area contributed by atoms with E-state index in [0.717, 1.165) is 25.1 Å². The molecule has 4 rings (SSSR count). The Balaban J connectivity index is 1.75. The summed E-state index contributed by atoms with van der Waals surface area (Å²) in [4.78, 5) is 21.2. The summed E-state index contributed by atoms with van der Waals surface area (Å²) in [5.41, 5.74) is 0.586. The minimum absolute atomic E-state index is 0.0299. The molecular weight excluding hydrogens is 438 g/mol. The fourth-order valence-electron chi connectivity index (χ4n) is 3.19. The van der Waals surface area contributed by atoms with Gasteiger partial charge in [0.15, 0.2) is 11.6 Å². The number of hydrogen-bond donors (Lipinski definition) is 2. The highest BCUT2D eigenvalue weighted by molar-refractivity contribution is 7.91. The van der Waals surface area contributed by atoms with Crippen molar-refractivity contribution in [3.8, 4) is 11.5 Å². The van der Waals surface area contributed by atoms with Gasteiger partial charge in [-0.05, 0) is 50.1 Å². The van der Waals surface area contributed by atoms with Crippen LogP contribution in [-0.4, -0.2) is 26.3 Å². The zero-order chi connectivity index (χ0) is 23.0. The molecule has 1 saturated carbocycles. The van der Waals surface area contributed by atoms with Gasteiger partial charge in [-0.3, -0.25) is 9.78 Å². The second kappa shape index (κ2) is 8.27. The highest BCUT2D eigenvalue weighted by Gasteiger charge is 2.33. The SMILES string of the molecule is Cc1nc(F)ccc1Oc1c(C2CC2)ncc(F)c1C(=O)Nc1cccc([S@](C)(=N)=O)c1. The predicted octanol–water partition coefficient (Wildman–Crippen LogP) is 5.02. The van der Waals surface area contributed by atoms with E-state index in [1.54, 1.807) is 12.1 Å². The van der Waals surface area contributed by atoms with Crippen LogP contribution < -0.4 is 10.1 Å². The lowest BCUT2D eigenvalue weighted by Crippen LogP contribution is -2.17. The summed E-state index contributed by atoms with van der Waals surface area (Å²) in [6.45, 7) is 1.54. The second-order valence-electron chi connectivity index (χ2n) is 7.61. The van der Waals surface area contributed by atoms with E-state index in [9.17, 15) is 17.8 Å². The molecule has 0 spiro atoms. The van der Waals surface area contributed by atoms with Gasteiger partial charge in [-0.1, -0.05) is 6.07 Å². The minimum atomic E-state index is -3.00. The van der Waals surface area contributed by atoms with E-state index in [4.69, 9.17) is 9.52 Å². The fraction of sp³-hybridized carbons (Fsp3) is 0.227. The Morgan fingerprint density at radius 1 is 1.25 bits per heavy atom. The van der Waals surface area contributed by atoms with Gasteiger partial charge in [-0.15, -0.1) is 0 Å². The molecular formula is C22H20F2N4O3S. The number of anilines is 1. The van der Waals surface area contributed by atoms with Crippen LogP contribution in [0.4, 0.5) is 14.5 Å². The second-order valence-corrected chi connectivity index (χ2v) is 9.77. The number of ether oxygens (including phenoxy) is 1. The smallest absolute Gasteiger partial charge is 0.262 e. The Hall–Kier alpha value is -3.40. The first kappa shape index (κ1) is 21.8. The number of carbonyl (C=O) groups excluding carboxylic acids is 1. The van der Waals surface area contributed by atoms with E-state index in [-0.39, 0.29) is 39.3 Å². The summed E-state index contributed by atoms with van der Waals surface area (Å²) in [5, 5.41) is 2.58. The number of hydrogen-bond acceptors (Lipinski definition) is 6. The average Bonchev–Trinajstić information content (AvgIpc) is 3.55. The number of aromatic nitrogens is 2. The zero-order valence-corrected chi connectivity index (χ0v) is 18.1. The summed E-state index contributed by atoms with van der Waals surface area (Å²) < 4.78 is 53.9. The molecule has 1 aromatic carbocycles. The van der Waals surface area contributed by atoms with E-state index in [2.05, 4.69) is 15.3 Å². The van der Waals surface area contributed by atoms with Gasteiger partial charge in [0.05, 0.1) is 27.3 Å². The molecule has 32 heavy (non-hydrogen) atoms. The Morgan fingerprint density at radius 2 is 2.00 bits per heavy atom. The molecule has 0 unspecified atom stereocenters. The average molecular weight is 458 g/mol. The van der Waals surface area contributed by atoms with Crippen molar-refractivity contribution < 1.29 is 22.5 Å². The third-order valence-electron chi connectivity index (χ3n) is 4.96. The van der Waals surface area contributed by atoms with Crippen LogP contribution >= 0.6 is 0 Å². The van der Waals surface area contributed by atoms with Gasteiger partial charge in [-0.25, -0.2) is 18.4 Å². The van der Waals surface area contributed by atoms with Crippen molar-refractivity contribution in [2.24, 2.45) is 0 Å². The maximum Gasteiger partial charge on any atom is 0.262 e. The van der Waals surface area contributed by atoms with Gasteiger partial charge in [0, 0.05) is 22.8 Å². The zero-order valence-electron chi connectivity index (χ0n) is 17.3. The molecule has 1 aliphatic rings. The number of benzene rings is 1. The van der Waals surface area contributed by atoms with Crippen molar-refractivity contribution in [3.05, 3.63) is 71.3 Å². The molecule has 0 aliphatic heterocycles. The molecule has 0 saturated heterocycles. The van der Waals surface area contributed by atoms with Crippen molar-refractivity contribution in [2.45, 2.75) is 30.6 Å². The monoisotopic (exact) mass is 458 g/mol. The molecule has 1 atom stereocenters. The number of carbonyl (C=O) groups is 1. The number of amides is 1. The highest BCUT2D eigenvalue weighted by atomic mass is 32.2. The Morgan fingerprint density at radius 3 is 2.66 bits per heavy atom. The van der Waals surface area contributed by atoms with Crippen LogP contribution in [0.3, 0.4) is 0 Å². The van der Waals surface area contributed by atoms with Crippen molar-refractivity contribution in [3.63, 3.8) is 0 Å².